The minimum Gasteiger partial charge on any atom is -0.508 e. The second-order valence-electron chi connectivity index (χ2n) is 7.46. The van der Waals surface area contributed by atoms with Gasteiger partial charge in [-0.25, -0.2) is 15.0 Å². The number of hydrogen-bond donors (Lipinski definition) is 6. The number of nitrogens with one attached hydrogen (secondary N) is 2. The van der Waals surface area contributed by atoms with Crippen molar-refractivity contribution in [1.82, 2.24) is 24.8 Å². The van der Waals surface area contributed by atoms with E-state index in [0.717, 1.165) is 17.3 Å². The van der Waals surface area contributed by atoms with Crippen LogP contribution in [0.3, 0.4) is 0 Å². The van der Waals surface area contributed by atoms with Gasteiger partial charge in [-0.2, -0.15) is 0 Å². The summed E-state index contributed by atoms with van der Waals surface area (Å²) in [6.07, 6.45) is -1.73. The number of benzene rings is 1. The molecule has 0 bridgehead atoms. The van der Waals surface area contributed by atoms with Crippen LogP contribution in [-0.4, -0.2) is 81.8 Å². The van der Waals surface area contributed by atoms with Crippen LogP contribution in [0.5, 0.6) is 5.75 Å². The molecule has 6 N–H and O–H groups in total. The number of aliphatic hydroxyl groups excluding tert-OH is 2. The van der Waals surface area contributed by atoms with Crippen molar-refractivity contribution in [2.75, 3.05) is 17.6 Å². The zero-order valence-electron chi connectivity index (χ0n) is 17.6. The van der Waals surface area contributed by atoms with Crippen LogP contribution in [0.4, 0.5) is 10.6 Å². The fourth-order valence-corrected chi connectivity index (χ4v) is 4.19. The third-order valence-corrected chi connectivity index (χ3v) is 6.03. The maximum Gasteiger partial charge on any atom is 0.323 e. The van der Waals surface area contributed by atoms with E-state index in [4.69, 9.17) is 9.84 Å². The maximum absolute atomic E-state index is 11.7. The standard InChI is InChI=1S/C20H22N6O7S/c27-11-3-1-10(2-4-11)5-21-17-14-18(24-8-23-17)26(9-25-14)19-16(31)15(30)12(33-19)7-34-20(32)22-6-13(28)29/h1-4,8-9,12,15-16,19,27,30-31H,5-7H2,(H,22,32)(H,28,29)(H,21,23,24)/t12-,15?,16+,19-/m1/s1. The van der Waals surface area contributed by atoms with Crippen molar-refractivity contribution < 1.29 is 34.8 Å². The molecule has 4 rings (SSSR count). The number of imidazole rings is 1. The van der Waals surface area contributed by atoms with E-state index in [0.29, 0.717) is 23.5 Å². The molecule has 2 aromatic heterocycles. The van der Waals surface area contributed by atoms with Gasteiger partial charge in [0.1, 0.15) is 30.8 Å². The number of phenols is 1. The number of hydrogen-bond acceptors (Lipinski definition) is 11. The Morgan fingerprint density at radius 2 is 1.88 bits per heavy atom. The molecular weight excluding hydrogens is 468 g/mol. The SMILES string of the molecule is O=C(O)CNC(=O)SC[C@H]1O[C@@H](n2cnc3c(NCc4ccc(O)cc4)ncnc32)[C@@H](O)C1O. The number of rotatable bonds is 8. The van der Waals surface area contributed by atoms with Gasteiger partial charge in [-0.3, -0.25) is 14.2 Å². The number of aromatic nitrogens is 4. The summed E-state index contributed by atoms with van der Waals surface area (Å²) < 4.78 is 7.27. The predicted octanol–water partition coefficient (Wildman–Crippen LogP) is 0.291. The molecule has 34 heavy (non-hydrogen) atoms. The number of anilines is 1. The molecule has 14 heteroatoms. The maximum atomic E-state index is 11.7. The average Bonchev–Trinajstić information content (AvgIpc) is 3.37. The van der Waals surface area contributed by atoms with Gasteiger partial charge in [0.25, 0.3) is 5.24 Å². The van der Waals surface area contributed by atoms with Gasteiger partial charge < -0.3 is 35.8 Å². The Balaban J connectivity index is 1.44. The van der Waals surface area contributed by atoms with E-state index in [1.54, 1.807) is 24.3 Å². The highest BCUT2D eigenvalue weighted by atomic mass is 32.2. The summed E-state index contributed by atoms with van der Waals surface area (Å²) in [5.41, 5.74) is 1.71. The summed E-state index contributed by atoms with van der Waals surface area (Å²) in [4.78, 5) is 35.0. The van der Waals surface area contributed by atoms with Gasteiger partial charge in [-0.05, 0) is 17.7 Å². The zero-order valence-corrected chi connectivity index (χ0v) is 18.4. The number of carboxylic acid groups (broad SMARTS) is 1. The van der Waals surface area contributed by atoms with Gasteiger partial charge >= 0.3 is 5.97 Å². The van der Waals surface area contributed by atoms with Crippen LogP contribution in [0.2, 0.25) is 0 Å². The van der Waals surface area contributed by atoms with Crippen LogP contribution in [0.25, 0.3) is 11.2 Å². The normalized spacial score (nSPS) is 22.1. The summed E-state index contributed by atoms with van der Waals surface area (Å²) in [5.74, 6) is -0.553. The Morgan fingerprint density at radius 3 is 2.62 bits per heavy atom. The van der Waals surface area contributed by atoms with Crippen molar-refractivity contribution in [2.24, 2.45) is 0 Å². The average molecular weight is 490 g/mol. The first-order chi connectivity index (χ1) is 16.3. The van der Waals surface area contributed by atoms with E-state index in [1.807, 2.05) is 0 Å². The van der Waals surface area contributed by atoms with Gasteiger partial charge in [-0.1, -0.05) is 23.9 Å². The number of carbonyl (C=O) groups excluding carboxylic acids is 1. The molecule has 3 aromatic rings. The Hall–Kier alpha value is -3.46. The third-order valence-electron chi connectivity index (χ3n) is 5.13. The van der Waals surface area contributed by atoms with Crippen molar-refractivity contribution in [3.8, 4) is 5.75 Å². The molecule has 0 spiro atoms. The smallest absolute Gasteiger partial charge is 0.323 e. The zero-order chi connectivity index (χ0) is 24.2. The highest BCUT2D eigenvalue weighted by Crippen LogP contribution is 2.33. The molecule has 0 aliphatic carbocycles. The fraction of sp³-hybridized carbons (Fsp3) is 0.350. The third kappa shape index (κ3) is 5.20. The summed E-state index contributed by atoms with van der Waals surface area (Å²) >= 11 is 0.747. The second kappa shape index (κ2) is 10.2. The van der Waals surface area contributed by atoms with Gasteiger partial charge in [0.15, 0.2) is 23.2 Å². The topological polar surface area (TPSA) is 192 Å². The molecule has 1 aliphatic rings. The number of amides is 1. The number of aliphatic carboxylic acids is 1. The van der Waals surface area contributed by atoms with Crippen LogP contribution in [0.1, 0.15) is 11.8 Å². The Morgan fingerprint density at radius 1 is 1.12 bits per heavy atom. The Labute approximate surface area is 196 Å². The number of aromatic hydroxyl groups is 1. The molecule has 0 saturated carbocycles. The first-order valence-electron chi connectivity index (χ1n) is 10.2. The van der Waals surface area contributed by atoms with Gasteiger partial charge in [0, 0.05) is 12.3 Å². The lowest BCUT2D eigenvalue weighted by molar-refractivity contribution is -0.135. The number of fused-ring (bicyclic) bond motifs is 1. The number of ether oxygens (including phenoxy) is 1. The van der Waals surface area contributed by atoms with Gasteiger partial charge in [0.2, 0.25) is 0 Å². The quantitative estimate of drug-likeness (QED) is 0.253. The molecule has 1 amide bonds. The lowest BCUT2D eigenvalue weighted by Crippen LogP contribution is -2.33. The molecule has 1 aromatic carbocycles. The molecule has 4 atom stereocenters. The number of phenolic OH excluding ortho intramolecular Hbond substituents is 1. The minimum atomic E-state index is -1.31. The van der Waals surface area contributed by atoms with Gasteiger partial charge in [0.05, 0.1) is 12.4 Å². The Kier molecular flexibility index (Phi) is 7.12. The van der Waals surface area contributed by atoms with E-state index in [1.165, 1.54) is 17.2 Å². The molecule has 3 heterocycles. The monoisotopic (exact) mass is 490 g/mol. The summed E-state index contributed by atoms with van der Waals surface area (Å²) in [5, 5.41) is 43.8. The lowest BCUT2D eigenvalue weighted by atomic mass is 10.1. The Bertz CT molecular complexity index is 1170. The highest BCUT2D eigenvalue weighted by molar-refractivity contribution is 8.13. The van der Waals surface area contributed by atoms with Crippen LogP contribution in [0.15, 0.2) is 36.9 Å². The minimum absolute atomic E-state index is 0.00122. The van der Waals surface area contributed by atoms with E-state index in [-0.39, 0.29) is 11.5 Å². The lowest BCUT2D eigenvalue weighted by Gasteiger charge is -2.16. The number of thioether (sulfide) groups is 1. The van der Waals surface area contributed by atoms with Crippen molar-refractivity contribution in [1.29, 1.82) is 0 Å². The highest BCUT2D eigenvalue weighted by Gasteiger charge is 2.44. The summed E-state index contributed by atoms with van der Waals surface area (Å²) in [7, 11) is 0. The molecule has 1 fully saturated rings. The molecule has 1 unspecified atom stereocenters. The summed E-state index contributed by atoms with van der Waals surface area (Å²) in [6, 6.07) is 6.69. The number of carboxylic acids is 1. The molecule has 1 saturated heterocycles. The van der Waals surface area contributed by atoms with Crippen LogP contribution in [0, 0.1) is 0 Å². The predicted molar refractivity (Wildman–Crippen MR) is 120 cm³/mol. The van der Waals surface area contributed by atoms with Crippen LogP contribution < -0.4 is 10.6 Å². The van der Waals surface area contributed by atoms with E-state index < -0.39 is 42.3 Å². The largest absolute Gasteiger partial charge is 0.508 e. The van der Waals surface area contributed by atoms with Crippen molar-refractivity contribution in [3.05, 3.63) is 42.5 Å². The van der Waals surface area contributed by atoms with E-state index in [2.05, 4.69) is 25.6 Å². The van der Waals surface area contributed by atoms with Gasteiger partial charge in [-0.15, -0.1) is 0 Å². The first-order valence-corrected chi connectivity index (χ1v) is 11.2. The molecule has 0 radical (unpaired) electrons. The van der Waals surface area contributed by atoms with Crippen molar-refractivity contribution >= 4 is 40.0 Å². The van der Waals surface area contributed by atoms with Crippen molar-refractivity contribution in [2.45, 2.75) is 31.1 Å². The molecular formula is C20H22N6O7S. The second-order valence-corrected chi connectivity index (χ2v) is 8.45. The van der Waals surface area contributed by atoms with Crippen LogP contribution in [-0.2, 0) is 16.1 Å². The fourth-order valence-electron chi connectivity index (χ4n) is 3.42. The first kappa shape index (κ1) is 23.7. The summed E-state index contributed by atoms with van der Waals surface area (Å²) in [6.45, 7) is -0.0984. The number of nitrogens with zero attached hydrogens (tertiary/aromatic N) is 4. The van der Waals surface area contributed by atoms with E-state index in [9.17, 15) is 24.9 Å². The van der Waals surface area contributed by atoms with E-state index >= 15 is 0 Å². The molecule has 1 aliphatic heterocycles. The van der Waals surface area contributed by atoms with Crippen LogP contribution >= 0.6 is 11.8 Å². The molecule has 180 valence electrons. The molecule has 13 nitrogen and oxygen atoms in total. The van der Waals surface area contributed by atoms with Crippen molar-refractivity contribution in [3.63, 3.8) is 0 Å². The number of carbonyl (C=O) groups is 2. The number of aliphatic hydroxyl groups is 2.